The number of nitrogens with one attached hydrogen (secondary N) is 1. The molecule has 3 nitrogen and oxygen atoms in total. The number of nitrogens with zero attached hydrogens (tertiary/aromatic N) is 1. The number of methoxy groups -OCH3 is 1. The molecular weight excluding hydrogens is 284 g/mol. The summed E-state index contributed by atoms with van der Waals surface area (Å²) in [5.74, 6) is 0.949. The SMILES string of the molecule is CCCC[C@H]1Cc2cc(OC)ccc2[C@H](c2ccnc(C)c2)N1. The number of aromatic nitrogens is 1. The number of benzene rings is 1. The molecule has 0 saturated heterocycles. The van der Waals surface area contributed by atoms with Crippen molar-refractivity contribution >= 4 is 0 Å². The minimum Gasteiger partial charge on any atom is -0.497 e. The second kappa shape index (κ2) is 7.14. The number of fused-ring (bicyclic) bond motifs is 1. The Hall–Kier alpha value is -1.87. The zero-order valence-electron chi connectivity index (χ0n) is 14.3. The van der Waals surface area contributed by atoms with Crippen molar-refractivity contribution in [3.63, 3.8) is 0 Å². The molecule has 0 amide bonds. The molecule has 0 unspecified atom stereocenters. The van der Waals surface area contributed by atoms with Crippen LogP contribution in [0.3, 0.4) is 0 Å². The summed E-state index contributed by atoms with van der Waals surface area (Å²) >= 11 is 0. The van der Waals surface area contributed by atoms with Gasteiger partial charge in [-0.3, -0.25) is 4.98 Å². The Labute approximate surface area is 139 Å². The number of hydrogen-bond donors (Lipinski definition) is 1. The van der Waals surface area contributed by atoms with Gasteiger partial charge in [-0.15, -0.1) is 0 Å². The number of rotatable bonds is 5. The molecule has 1 aromatic carbocycles. The average molecular weight is 310 g/mol. The van der Waals surface area contributed by atoms with Gasteiger partial charge in [0.1, 0.15) is 5.75 Å². The fraction of sp³-hybridized carbons (Fsp3) is 0.450. The van der Waals surface area contributed by atoms with Crippen LogP contribution in [-0.2, 0) is 6.42 Å². The second-order valence-corrected chi connectivity index (χ2v) is 6.44. The molecule has 3 rings (SSSR count). The van der Waals surface area contributed by atoms with Crippen LogP contribution < -0.4 is 10.1 Å². The van der Waals surface area contributed by atoms with Crippen molar-refractivity contribution in [3.8, 4) is 5.75 Å². The van der Waals surface area contributed by atoms with Gasteiger partial charge < -0.3 is 10.1 Å². The molecule has 122 valence electrons. The molecule has 1 aliphatic rings. The van der Waals surface area contributed by atoms with Crippen LogP contribution in [0.5, 0.6) is 5.75 Å². The average Bonchev–Trinajstić information content (AvgIpc) is 2.58. The zero-order valence-corrected chi connectivity index (χ0v) is 14.3. The second-order valence-electron chi connectivity index (χ2n) is 6.44. The molecule has 0 spiro atoms. The number of unbranched alkanes of at least 4 members (excludes halogenated alkanes) is 1. The van der Waals surface area contributed by atoms with E-state index in [-0.39, 0.29) is 6.04 Å². The minimum absolute atomic E-state index is 0.244. The first-order valence-electron chi connectivity index (χ1n) is 8.56. The van der Waals surface area contributed by atoms with Crippen LogP contribution in [0.4, 0.5) is 0 Å². The lowest BCUT2D eigenvalue weighted by Gasteiger charge is -2.34. The number of hydrogen-bond acceptors (Lipinski definition) is 3. The van der Waals surface area contributed by atoms with Crippen molar-refractivity contribution in [2.45, 2.75) is 51.6 Å². The van der Waals surface area contributed by atoms with Gasteiger partial charge in [0.05, 0.1) is 13.2 Å². The van der Waals surface area contributed by atoms with Crippen LogP contribution >= 0.6 is 0 Å². The van der Waals surface area contributed by atoms with Crippen molar-refractivity contribution in [1.29, 1.82) is 0 Å². The lowest BCUT2D eigenvalue weighted by molar-refractivity contribution is 0.395. The Balaban J connectivity index is 1.97. The lowest BCUT2D eigenvalue weighted by atomic mass is 9.85. The highest BCUT2D eigenvalue weighted by atomic mass is 16.5. The zero-order chi connectivity index (χ0) is 16.2. The molecular formula is C20H26N2O. The fourth-order valence-corrected chi connectivity index (χ4v) is 3.48. The predicted molar refractivity (Wildman–Crippen MR) is 94.0 cm³/mol. The Morgan fingerprint density at radius 2 is 2.13 bits per heavy atom. The van der Waals surface area contributed by atoms with Crippen LogP contribution in [0.25, 0.3) is 0 Å². The number of pyridine rings is 1. The molecule has 0 aliphatic carbocycles. The molecule has 0 saturated carbocycles. The summed E-state index contributed by atoms with van der Waals surface area (Å²) in [7, 11) is 1.74. The van der Waals surface area contributed by atoms with E-state index in [1.165, 1.54) is 36.0 Å². The van der Waals surface area contributed by atoms with E-state index < -0.39 is 0 Å². The summed E-state index contributed by atoms with van der Waals surface area (Å²) in [4.78, 5) is 4.34. The van der Waals surface area contributed by atoms with Gasteiger partial charge in [0.2, 0.25) is 0 Å². The van der Waals surface area contributed by atoms with E-state index in [2.05, 4.69) is 54.5 Å². The van der Waals surface area contributed by atoms with E-state index in [9.17, 15) is 0 Å². The molecule has 2 aromatic rings. The topological polar surface area (TPSA) is 34.1 Å². The summed E-state index contributed by atoms with van der Waals surface area (Å²) in [5, 5.41) is 3.86. The highest BCUT2D eigenvalue weighted by Gasteiger charge is 2.27. The summed E-state index contributed by atoms with van der Waals surface area (Å²) in [6.07, 6.45) is 6.70. The van der Waals surface area contributed by atoms with Crippen LogP contribution in [0.15, 0.2) is 36.5 Å². The van der Waals surface area contributed by atoms with Gasteiger partial charge in [-0.1, -0.05) is 25.8 Å². The Bertz CT molecular complexity index is 668. The third kappa shape index (κ3) is 3.56. The third-order valence-electron chi connectivity index (χ3n) is 4.69. The van der Waals surface area contributed by atoms with Crippen LogP contribution in [-0.4, -0.2) is 18.1 Å². The summed E-state index contributed by atoms with van der Waals surface area (Å²) in [5.41, 5.74) is 5.13. The summed E-state index contributed by atoms with van der Waals surface area (Å²) < 4.78 is 5.43. The van der Waals surface area contributed by atoms with Crippen LogP contribution in [0.2, 0.25) is 0 Å². The summed E-state index contributed by atoms with van der Waals surface area (Å²) in [6.45, 7) is 4.30. The molecule has 0 bridgehead atoms. The number of aryl methyl sites for hydroxylation is 1. The monoisotopic (exact) mass is 310 g/mol. The molecule has 2 heterocycles. The Morgan fingerprint density at radius 3 is 2.87 bits per heavy atom. The van der Waals surface area contributed by atoms with Gasteiger partial charge in [-0.25, -0.2) is 0 Å². The smallest absolute Gasteiger partial charge is 0.119 e. The first-order valence-corrected chi connectivity index (χ1v) is 8.56. The van der Waals surface area contributed by atoms with E-state index in [1.807, 2.05) is 6.20 Å². The van der Waals surface area contributed by atoms with Crippen molar-refractivity contribution in [3.05, 3.63) is 58.9 Å². The largest absolute Gasteiger partial charge is 0.497 e. The molecule has 2 atom stereocenters. The third-order valence-corrected chi connectivity index (χ3v) is 4.69. The molecule has 3 heteroatoms. The summed E-state index contributed by atoms with van der Waals surface area (Å²) in [6, 6.07) is 11.6. The van der Waals surface area contributed by atoms with Crippen LogP contribution in [0, 0.1) is 6.92 Å². The van der Waals surface area contributed by atoms with E-state index in [0.29, 0.717) is 6.04 Å². The van der Waals surface area contributed by atoms with Gasteiger partial charge in [0.15, 0.2) is 0 Å². The first kappa shape index (κ1) is 16.0. The maximum absolute atomic E-state index is 5.43. The Morgan fingerprint density at radius 1 is 1.26 bits per heavy atom. The highest BCUT2D eigenvalue weighted by molar-refractivity contribution is 5.44. The van der Waals surface area contributed by atoms with Gasteiger partial charge >= 0.3 is 0 Å². The standard InChI is InChI=1S/C20H26N2O/c1-4-5-6-17-12-16-13-18(23-3)7-8-19(16)20(22-17)15-9-10-21-14(2)11-15/h7-11,13,17,20,22H,4-6,12H2,1-3H3/t17-,20-/m0/s1. The van der Waals surface area contributed by atoms with Gasteiger partial charge in [0.25, 0.3) is 0 Å². The van der Waals surface area contributed by atoms with Crippen molar-refractivity contribution in [1.82, 2.24) is 10.3 Å². The van der Waals surface area contributed by atoms with E-state index in [0.717, 1.165) is 17.9 Å². The van der Waals surface area contributed by atoms with E-state index in [4.69, 9.17) is 4.74 Å². The quantitative estimate of drug-likeness (QED) is 0.899. The van der Waals surface area contributed by atoms with Gasteiger partial charge in [0, 0.05) is 17.9 Å². The maximum Gasteiger partial charge on any atom is 0.119 e. The number of ether oxygens (including phenoxy) is 1. The molecule has 1 N–H and O–H groups in total. The van der Waals surface area contributed by atoms with Crippen LogP contribution in [0.1, 0.15) is 54.6 Å². The fourth-order valence-electron chi connectivity index (χ4n) is 3.48. The van der Waals surface area contributed by atoms with Gasteiger partial charge in [-0.2, -0.15) is 0 Å². The highest BCUT2D eigenvalue weighted by Crippen LogP contribution is 2.34. The molecule has 1 aromatic heterocycles. The van der Waals surface area contributed by atoms with Gasteiger partial charge in [-0.05, 0) is 60.7 Å². The lowest BCUT2D eigenvalue weighted by Crippen LogP contribution is -2.40. The maximum atomic E-state index is 5.43. The van der Waals surface area contributed by atoms with Crippen molar-refractivity contribution < 1.29 is 4.74 Å². The molecule has 0 fully saturated rings. The molecule has 1 aliphatic heterocycles. The molecule has 23 heavy (non-hydrogen) atoms. The Kier molecular flexibility index (Phi) is 4.97. The van der Waals surface area contributed by atoms with E-state index in [1.54, 1.807) is 7.11 Å². The normalized spacial score (nSPS) is 20.1. The van der Waals surface area contributed by atoms with Crippen molar-refractivity contribution in [2.24, 2.45) is 0 Å². The molecule has 0 radical (unpaired) electrons. The van der Waals surface area contributed by atoms with Crippen molar-refractivity contribution in [2.75, 3.05) is 7.11 Å². The minimum atomic E-state index is 0.244. The first-order chi connectivity index (χ1) is 11.2. The predicted octanol–water partition coefficient (Wildman–Crippen LogP) is 4.19. The van der Waals surface area contributed by atoms with E-state index >= 15 is 0 Å².